The Kier molecular flexibility index (Phi) is 4.16. The van der Waals surface area contributed by atoms with Crippen molar-refractivity contribution in [3.63, 3.8) is 0 Å². The summed E-state index contributed by atoms with van der Waals surface area (Å²) in [4.78, 5) is 17.9. The minimum absolute atomic E-state index is 0.358. The van der Waals surface area contributed by atoms with Gasteiger partial charge in [0.05, 0.1) is 0 Å². The van der Waals surface area contributed by atoms with Gasteiger partial charge in [-0.05, 0) is 76.5 Å². The molecule has 4 rings (SSSR count). The van der Waals surface area contributed by atoms with Crippen molar-refractivity contribution in [1.29, 1.82) is 0 Å². The van der Waals surface area contributed by atoms with Crippen LogP contribution in [0.5, 0.6) is 0 Å². The van der Waals surface area contributed by atoms with E-state index in [9.17, 15) is 4.79 Å². The highest BCUT2D eigenvalue weighted by atomic mass is 16.2. The van der Waals surface area contributed by atoms with Gasteiger partial charge in [-0.1, -0.05) is 6.42 Å². The van der Waals surface area contributed by atoms with Crippen LogP contribution in [0.3, 0.4) is 0 Å². The average Bonchev–Trinajstić information content (AvgIpc) is 3.04. The number of carbonyl (C=O) groups excluding carboxylic acids is 1. The van der Waals surface area contributed by atoms with Crippen LogP contribution < -0.4 is 5.32 Å². The van der Waals surface area contributed by atoms with Crippen LogP contribution in [-0.4, -0.2) is 61.0 Å². The topological polar surface area (TPSA) is 35.6 Å². The molecule has 1 saturated carbocycles. The zero-order valence-corrected chi connectivity index (χ0v) is 13.9. The van der Waals surface area contributed by atoms with E-state index in [1.54, 1.807) is 0 Å². The third-order valence-corrected chi connectivity index (χ3v) is 6.66. The van der Waals surface area contributed by atoms with Crippen molar-refractivity contribution in [1.82, 2.24) is 15.1 Å². The molecule has 1 spiro atoms. The molecule has 22 heavy (non-hydrogen) atoms. The van der Waals surface area contributed by atoms with Gasteiger partial charge in [-0.15, -0.1) is 0 Å². The van der Waals surface area contributed by atoms with Crippen molar-refractivity contribution in [2.45, 2.75) is 57.4 Å². The molecule has 4 nitrogen and oxygen atoms in total. The van der Waals surface area contributed by atoms with Gasteiger partial charge < -0.3 is 15.1 Å². The molecule has 2 atom stereocenters. The standard InChI is InChI=1S/C18H31N3O/c22-17(16-13-18(16)6-8-19-9-7-18)21-12-4-5-15(21)14-20-10-2-1-3-11-20/h15-16,19H,1-14H2. The van der Waals surface area contributed by atoms with Crippen molar-refractivity contribution in [2.24, 2.45) is 11.3 Å². The zero-order valence-electron chi connectivity index (χ0n) is 13.9. The van der Waals surface area contributed by atoms with Gasteiger partial charge in [0.2, 0.25) is 5.91 Å². The highest BCUT2D eigenvalue weighted by Gasteiger charge is 2.59. The number of rotatable bonds is 3. The molecule has 1 amide bonds. The summed E-state index contributed by atoms with van der Waals surface area (Å²) in [7, 11) is 0. The van der Waals surface area contributed by atoms with E-state index in [0.29, 0.717) is 23.3 Å². The first kappa shape index (κ1) is 14.9. The molecule has 3 saturated heterocycles. The Balaban J connectivity index is 1.35. The fourth-order valence-corrected chi connectivity index (χ4v) is 5.13. The van der Waals surface area contributed by atoms with Crippen LogP contribution in [0, 0.1) is 11.3 Å². The van der Waals surface area contributed by atoms with Gasteiger partial charge in [-0.3, -0.25) is 4.79 Å². The van der Waals surface area contributed by atoms with E-state index in [1.807, 2.05) is 0 Å². The van der Waals surface area contributed by atoms with E-state index in [-0.39, 0.29) is 0 Å². The first-order valence-corrected chi connectivity index (χ1v) is 9.52. The molecule has 0 aromatic rings. The van der Waals surface area contributed by atoms with Gasteiger partial charge in [0.15, 0.2) is 0 Å². The van der Waals surface area contributed by atoms with E-state index < -0.39 is 0 Å². The summed E-state index contributed by atoms with van der Waals surface area (Å²) < 4.78 is 0. The number of carbonyl (C=O) groups is 1. The second-order valence-electron chi connectivity index (χ2n) is 8.06. The maximum absolute atomic E-state index is 13.0. The molecule has 124 valence electrons. The van der Waals surface area contributed by atoms with Crippen LogP contribution >= 0.6 is 0 Å². The summed E-state index contributed by atoms with van der Waals surface area (Å²) in [5.41, 5.74) is 0.389. The Labute approximate surface area is 134 Å². The Morgan fingerprint density at radius 1 is 1.05 bits per heavy atom. The summed E-state index contributed by atoms with van der Waals surface area (Å²) in [6.45, 7) is 6.87. The molecule has 0 aromatic carbocycles. The molecule has 3 aliphatic heterocycles. The third-order valence-electron chi connectivity index (χ3n) is 6.66. The van der Waals surface area contributed by atoms with Gasteiger partial charge in [0.25, 0.3) is 0 Å². The van der Waals surface area contributed by atoms with Crippen molar-refractivity contribution in [3.05, 3.63) is 0 Å². The molecule has 1 N–H and O–H groups in total. The second kappa shape index (κ2) is 6.12. The van der Waals surface area contributed by atoms with E-state index in [0.717, 1.165) is 26.2 Å². The molecule has 3 heterocycles. The summed E-state index contributed by atoms with van der Waals surface area (Å²) in [6, 6.07) is 0.505. The Hall–Kier alpha value is -0.610. The fraction of sp³-hybridized carbons (Fsp3) is 0.944. The molecule has 4 heteroatoms. The minimum atomic E-state index is 0.358. The van der Waals surface area contributed by atoms with Gasteiger partial charge in [-0.25, -0.2) is 0 Å². The fourth-order valence-electron chi connectivity index (χ4n) is 5.13. The van der Waals surface area contributed by atoms with E-state index in [2.05, 4.69) is 15.1 Å². The predicted molar refractivity (Wildman–Crippen MR) is 87.7 cm³/mol. The third kappa shape index (κ3) is 2.80. The predicted octanol–water partition coefficient (Wildman–Crippen LogP) is 1.85. The van der Waals surface area contributed by atoms with Crippen LogP contribution in [0.1, 0.15) is 51.4 Å². The lowest BCUT2D eigenvalue weighted by Gasteiger charge is -2.33. The number of nitrogens with one attached hydrogen (secondary N) is 1. The van der Waals surface area contributed by atoms with Crippen LogP contribution in [-0.2, 0) is 4.79 Å². The number of hydrogen-bond acceptors (Lipinski definition) is 3. The molecule has 0 aromatic heterocycles. The first-order valence-electron chi connectivity index (χ1n) is 9.52. The number of likely N-dealkylation sites (tertiary alicyclic amines) is 2. The van der Waals surface area contributed by atoms with Crippen molar-refractivity contribution < 1.29 is 4.79 Å². The van der Waals surface area contributed by atoms with Crippen molar-refractivity contribution in [2.75, 3.05) is 39.3 Å². The molecule has 2 unspecified atom stereocenters. The van der Waals surface area contributed by atoms with E-state index in [1.165, 1.54) is 64.5 Å². The Morgan fingerprint density at radius 3 is 2.59 bits per heavy atom. The Morgan fingerprint density at radius 2 is 1.82 bits per heavy atom. The molecule has 1 aliphatic carbocycles. The maximum Gasteiger partial charge on any atom is 0.226 e. The largest absolute Gasteiger partial charge is 0.338 e. The number of hydrogen-bond donors (Lipinski definition) is 1. The molecule has 0 radical (unpaired) electrons. The maximum atomic E-state index is 13.0. The number of nitrogens with zero attached hydrogens (tertiary/aromatic N) is 2. The van der Waals surface area contributed by atoms with Gasteiger partial charge in [0.1, 0.15) is 0 Å². The average molecular weight is 305 g/mol. The van der Waals surface area contributed by atoms with Crippen molar-refractivity contribution >= 4 is 5.91 Å². The number of amides is 1. The summed E-state index contributed by atoms with van der Waals surface area (Å²) >= 11 is 0. The quantitative estimate of drug-likeness (QED) is 0.864. The SMILES string of the molecule is O=C(C1CC12CCNCC2)N1CCCC1CN1CCCCC1. The van der Waals surface area contributed by atoms with Gasteiger partial charge in [0, 0.05) is 25.0 Å². The van der Waals surface area contributed by atoms with Crippen LogP contribution in [0.2, 0.25) is 0 Å². The van der Waals surface area contributed by atoms with Gasteiger partial charge >= 0.3 is 0 Å². The summed E-state index contributed by atoms with van der Waals surface area (Å²) in [5.74, 6) is 0.859. The van der Waals surface area contributed by atoms with Gasteiger partial charge in [-0.2, -0.15) is 0 Å². The highest BCUT2D eigenvalue weighted by molar-refractivity contribution is 5.83. The van der Waals surface area contributed by atoms with Crippen LogP contribution in [0.4, 0.5) is 0 Å². The molecular weight excluding hydrogens is 274 g/mol. The van der Waals surface area contributed by atoms with Crippen LogP contribution in [0.25, 0.3) is 0 Å². The molecule has 4 aliphatic rings. The minimum Gasteiger partial charge on any atom is -0.338 e. The lowest BCUT2D eigenvalue weighted by atomic mass is 9.91. The second-order valence-corrected chi connectivity index (χ2v) is 8.06. The van der Waals surface area contributed by atoms with E-state index >= 15 is 0 Å². The van der Waals surface area contributed by atoms with Crippen molar-refractivity contribution in [3.8, 4) is 0 Å². The lowest BCUT2D eigenvalue weighted by molar-refractivity contribution is -0.134. The summed E-state index contributed by atoms with van der Waals surface area (Å²) in [5, 5.41) is 3.44. The monoisotopic (exact) mass is 305 g/mol. The number of piperidine rings is 2. The molecule has 4 fully saturated rings. The zero-order chi connectivity index (χ0) is 15.0. The summed E-state index contributed by atoms with van der Waals surface area (Å²) in [6.07, 6.45) is 10.1. The molecular formula is C18H31N3O. The highest BCUT2D eigenvalue weighted by Crippen LogP contribution is 2.59. The first-order chi connectivity index (χ1) is 10.8. The smallest absolute Gasteiger partial charge is 0.226 e. The van der Waals surface area contributed by atoms with E-state index in [4.69, 9.17) is 0 Å². The molecule has 0 bridgehead atoms. The van der Waals surface area contributed by atoms with Crippen LogP contribution in [0.15, 0.2) is 0 Å². The lowest BCUT2D eigenvalue weighted by Crippen LogP contribution is -2.46. The normalized spacial score (nSPS) is 35.0. The Bertz CT molecular complexity index is 413.